The van der Waals surface area contributed by atoms with Gasteiger partial charge in [-0.25, -0.2) is 4.68 Å². The molecule has 2 aliphatic heterocycles. The van der Waals surface area contributed by atoms with Crippen molar-refractivity contribution >= 4 is 27.6 Å². The number of hydrogen-bond donors (Lipinski definition) is 1. The van der Waals surface area contributed by atoms with Crippen LogP contribution in [0.25, 0.3) is 5.70 Å². The number of methoxy groups -OCH3 is 2. The van der Waals surface area contributed by atoms with E-state index in [1.165, 1.54) is 0 Å². The van der Waals surface area contributed by atoms with Crippen molar-refractivity contribution in [2.75, 3.05) is 19.5 Å². The molecule has 0 saturated carbocycles. The topological polar surface area (TPSA) is 70.4 Å². The number of nitrogens with zero attached hydrogens (tertiary/aromatic N) is 3. The van der Waals surface area contributed by atoms with Gasteiger partial charge in [0, 0.05) is 21.2 Å². The molecule has 0 fully saturated rings. The Bertz CT molecular complexity index is 1410. The van der Waals surface area contributed by atoms with E-state index in [0.717, 1.165) is 38.2 Å². The highest BCUT2D eigenvalue weighted by atomic mass is 79.9. The van der Waals surface area contributed by atoms with Gasteiger partial charge in [0.15, 0.2) is 11.5 Å². The number of aromatic nitrogens is 3. The number of ether oxygens (including phenoxy) is 3. The number of benzene rings is 3. The van der Waals surface area contributed by atoms with Crippen LogP contribution in [0.4, 0.5) is 5.95 Å². The van der Waals surface area contributed by atoms with E-state index in [9.17, 15) is 0 Å². The van der Waals surface area contributed by atoms with Gasteiger partial charge in [-0.1, -0.05) is 46.3 Å². The average molecular weight is 517 g/mol. The summed E-state index contributed by atoms with van der Waals surface area (Å²) in [5.74, 6) is 2.81. The Labute approximate surface area is 205 Å². The van der Waals surface area contributed by atoms with Gasteiger partial charge in [-0.2, -0.15) is 10.1 Å². The van der Waals surface area contributed by atoms with Crippen molar-refractivity contribution in [2.45, 2.75) is 12.1 Å². The van der Waals surface area contributed by atoms with E-state index in [2.05, 4.69) is 49.5 Å². The lowest BCUT2D eigenvalue weighted by Gasteiger charge is -2.39. The van der Waals surface area contributed by atoms with Crippen molar-refractivity contribution in [2.24, 2.45) is 0 Å². The van der Waals surface area contributed by atoms with Gasteiger partial charge >= 0.3 is 0 Å². The Morgan fingerprint density at radius 3 is 2.50 bits per heavy atom. The van der Waals surface area contributed by atoms with Gasteiger partial charge in [0.2, 0.25) is 5.95 Å². The SMILES string of the molecule is COc1ccc([C@H]2Oc3ccccc3C3=C2[C@H](c2ccc(Br)cc2)n2ncnc2N3)cc1OC. The molecule has 1 N–H and O–H groups in total. The maximum Gasteiger partial charge on any atom is 0.226 e. The zero-order chi connectivity index (χ0) is 23.2. The van der Waals surface area contributed by atoms with Crippen molar-refractivity contribution in [3.63, 3.8) is 0 Å². The number of anilines is 1. The van der Waals surface area contributed by atoms with Crippen LogP contribution >= 0.6 is 15.9 Å². The minimum atomic E-state index is -0.386. The summed E-state index contributed by atoms with van der Waals surface area (Å²) in [6.07, 6.45) is 1.19. The van der Waals surface area contributed by atoms with E-state index >= 15 is 0 Å². The first-order chi connectivity index (χ1) is 16.7. The Balaban J connectivity index is 1.60. The van der Waals surface area contributed by atoms with Crippen LogP contribution in [0.2, 0.25) is 0 Å². The van der Waals surface area contributed by atoms with E-state index in [4.69, 9.17) is 14.2 Å². The first kappa shape index (κ1) is 20.8. The molecule has 0 amide bonds. The second kappa shape index (κ2) is 8.22. The molecule has 0 unspecified atom stereocenters. The van der Waals surface area contributed by atoms with Crippen LogP contribution in [0.5, 0.6) is 17.2 Å². The third-order valence-corrected chi connectivity index (χ3v) is 6.75. The number of hydrogen-bond acceptors (Lipinski definition) is 6. The summed E-state index contributed by atoms with van der Waals surface area (Å²) in [6.45, 7) is 0. The number of para-hydroxylation sites is 1. The quantitative estimate of drug-likeness (QED) is 0.379. The predicted molar refractivity (Wildman–Crippen MR) is 132 cm³/mol. The molecular formula is C26H21BrN4O3. The Morgan fingerprint density at radius 1 is 0.941 bits per heavy atom. The van der Waals surface area contributed by atoms with Crippen molar-refractivity contribution in [1.29, 1.82) is 0 Å². The zero-order valence-electron chi connectivity index (χ0n) is 18.5. The fourth-order valence-corrected chi connectivity index (χ4v) is 4.94. The molecule has 170 valence electrons. The van der Waals surface area contributed by atoms with Crippen LogP contribution in [0, 0.1) is 0 Å². The van der Waals surface area contributed by atoms with Crippen LogP contribution in [0.1, 0.15) is 28.8 Å². The molecule has 2 aliphatic rings. The van der Waals surface area contributed by atoms with Gasteiger partial charge in [-0.15, -0.1) is 0 Å². The lowest BCUT2D eigenvalue weighted by Crippen LogP contribution is -2.32. The lowest BCUT2D eigenvalue weighted by atomic mass is 9.84. The molecule has 0 radical (unpaired) electrons. The number of halogens is 1. The standard InChI is InChI=1S/C26H21BrN4O3/c1-32-20-12-9-16(13-21(20)33-2)25-22-23(18-5-3-4-6-19(18)34-25)30-26-28-14-29-31(26)24(22)15-7-10-17(27)11-8-15/h3-14,24-25H,1-2H3,(H,28,29,30)/t24-,25+/m0/s1. The first-order valence-corrected chi connectivity index (χ1v) is 11.6. The van der Waals surface area contributed by atoms with Crippen molar-refractivity contribution in [3.8, 4) is 17.2 Å². The van der Waals surface area contributed by atoms with Crippen molar-refractivity contribution in [1.82, 2.24) is 14.8 Å². The van der Waals surface area contributed by atoms with Gasteiger partial charge in [0.05, 0.1) is 19.9 Å². The largest absolute Gasteiger partial charge is 0.493 e. The molecule has 3 aromatic carbocycles. The smallest absolute Gasteiger partial charge is 0.226 e. The molecule has 7 nitrogen and oxygen atoms in total. The Morgan fingerprint density at radius 2 is 1.71 bits per heavy atom. The lowest BCUT2D eigenvalue weighted by molar-refractivity contribution is 0.222. The summed E-state index contributed by atoms with van der Waals surface area (Å²) >= 11 is 3.55. The molecule has 8 heteroatoms. The van der Waals surface area contributed by atoms with Crippen LogP contribution in [-0.2, 0) is 0 Å². The van der Waals surface area contributed by atoms with Gasteiger partial charge in [0.1, 0.15) is 24.2 Å². The van der Waals surface area contributed by atoms with E-state index in [0.29, 0.717) is 17.4 Å². The molecule has 2 atom stereocenters. The fourth-order valence-electron chi connectivity index (χ4n) is 4.67. The predicted octanol–water partition coefficient (Wildman–Crippen LogP) is 5.62. The normalized spacial score (nSPS) is 18.2. The maximum atomic E-state index is 6.66. The summed E-state index contributed by atoms with van der Waals surface area (Å²) in [6, 6.07) is 22.0. The molecule has 6 rings (SSSR count). The molecule has 0 aliphatic carbocycles. The fraction of sp³-hybridized carbons (Fsp3) is 0.154. The van der Waals surface area contributed by atoms with Gasteiger partial charge in [-0.05, 0) is 42.0 Å². The van der Waals surface area contributed by atoms with Crippen LogP contribution in [0.15, 0.2) is 83.1 Å². The highest BCUT2D eigenvalue weighted by molar-refractivity contribution is 9.10. The molecule has 0 spiro atoms. The first-order valence-electron chi connectivity index (χ1n) is 10.8. The second-order valence-corrected chi connectivity index (χ2v) is 8.96. The molecule has 3 heterocycles. The molecule has 4 aromatic rings. The summed E-state index contributed by atoms with van der Waals surface area (Å²) in [5.41, 5.74) is 5.05. The maximum absolute atomic E-state index is 6.66. The number of nitrogens with one attached hydrogen (secondary N) is 1. The average Bonchev–Trinajstić information content (AvgIpc) is 3.35. The third kappa shape index (κ3) is 3.25. The summed E-state index contributed by atoms with van der Waals surface area (Å²) in [5, 5.41) is 8.09. The summed E-state index contributed by atoms with van der Waals surface area (Å²) < 4.78 is 20.6. The highest BCUT2D eigenvalue weighted by Crippen LogP contribution is 2.51. The number of fused-ring (bicyclic) bond motifs is 3. The summed E-state index contributed by atoms with van der Waals surface area (Å²) in [7, 11) is 3.27. The van der Waals surface area contributed by atoms with Crippen LogP contribution in [0.3, 0.4) is 0 Å². The minimum Gasteiger partial charge on any atom is -0.493 e. The van der Waals surface area contributed by atoms with Crippen molar-refractivity contribution in [3.05, 3.63) is 99.8 Å². The highest BCUT2D eigenvalue weighted by Gasteiger charge is 2.41. The molecule has 0 bridgehead atoms. The van der Waals surface area contributed by atoms with E-state index in [-0.39, 0.29) is 12.1 Å². The van der Waals surface area contributed by atoms with Crippen LogP contribution < -0.4 is 19.5 Å². The van der Waals surface area contributed by atoms with E-state index in [1.54, 1.807) is 20.5 Å². The molecule has 34 heavy (non-hydrogen) atoms. The number of rotatable bonds is 4. The third-order valence-electron chi connectivity index (χ3n) is 6.22. The molecular weight excluding hydrogens is 496 g/mol. The minimum absolute atomic E-state index is 0.215. The van der Waals surface area contributed by atoms with E-state index in [1.807, 2.05) is 53.2 Å². The van der Waals surface area contributed by atoms with Gasteiger partial charge in [0.25, 0.3) is 0 Å². The Kier molecular flexibility index (Phi) is 5.03. The zero-order valence-corrected chi connectivity index (χ0v) is 20.1. The monoisotopic (exact) mass is 516 g/mol. The Hall–Kier alpha value is -3.78. The van der Waals surface area contributed by atoms with E-state index < -0.39 is 0 Å². The van der Waals surface area contributed by atoms with Crippen molar-refractivity contribution < 1.29 is 14.2 Å². The second-order valence-electron chi connectivity index (χ2n) is 8.05. The van der Waals surface area contributed by atoms with Gasteiger partial charge in [-0.3, -0.25) is 0 Å². The molecule has 0 saturated heterocycles. The molecule has 1 aromatic heterocycles. The summed E-state index contributed by atoms with van der Waals surface area (Å²) in [4.78, 5) is 4.48. The van der Waals surface area contributed by atoms with Crippen LogP contribution in [-0.4, -0.2) is 29.0 Å². The van der Waals surface area contributed by atoms with Gasteiger partial charge < -0.3 is 19.5 Å².